The third-order valence-corrected chi connectivity index (χ3v) is 4.96. The molecule has 0 atom stereocenters. The Morgan fingerprint density at radius 3 is 2.52 bits per heavy atom. The number of aromatic nitrogens is 1. The van der Waals surface area contributed by atoms with Crippen LogP contribution in [0, 0.1) is 5.82 Å². The van der Waals surface area contributed by atoms with E-state index >= 15 is 0 Å². The number of nitrogens with one attached hydrogen (secondary N) is 2. The number of anilines is 1. The van der Waals surface area contributed by atoms with Crippen molar-refractivity contribution in [2.24, 2.45) is 4.99 Å². The van der Waals surface area contributed by atoms with Crippen LogP contribution in [-0.4, -0.2) is 47.6 Å². The summed E-state index contributed by atoms with van der Waals surface area (Å²) < 4.78 is 19.5. The van der Waals surface area contributed by atoms with Crippen molar-refractivity contribution in [2.75, 3.05) is 31.6 Å². The summed E-state index contributed by atoms with van der Waals surface area (Å²) in [6.07, 6.45) is 0. The highest BCUT2D eigenvalue weighted by atomic mass is 19.1. The molecule has 8 heteroatoms. The van der Waals surface area contributed by atoms with Gasteiger partial charge in [-0.25, -0.2) is 4.39 Å². The van der Waals surface area contributed by atoms with E-state index in [2.05, 4.69) is 20.8 Å². The lowest BCUT2D eigenvalue weighted by Gasteiger charge is -2.22. The first-order valence-corrected chi connectivity index (χ1v) is 10.1. The number of hydrogen-bond donors (Lipinski definition) is 4. The molecule has 0 fully saturated rings. The second kappa shape index (κ2) is 10.2. The molecule has 3 rings (SSSR count). The summed E-state index contributed by atoms with van der Waals surface area (Å²) in [6.45, 7) is 4.41. The van der Waals surface area contributed by atoms with Gasteiger partial charge in [-0.1, -0.05) is 61.5 Å². The molecule has 1 aromatic heterocycles. The minimum absolute atomic E-state index is 0.0581. The van der Waals surface area contributed by atoms with Crippen LogP contribution in [0.4, 0.5) is 10.3 Å². The molecule has 164 valence electrons. The quantitative estimate of drug-likeness (QED) is 0.326. The van der Waals surface area contributed by atoms with E-state index in [4.69, 9.17) is 14.7 Å². The monoisotopic (exact) mass is 426 g/mol. The Balaban J connectivity index is 1.78. The van der Waals surface area contributed by atoms with Crippen LogP contribution < -0.4 is 10.6 Å². The number of aliphatic hydroxyl groups is 2. The molecule has 0 spiro atoms. The third-order valence-electron chi connectivity index (χ3n) is 4.96. The van der Waals surface area contributed by atoms with Gasteiger partial charge in [0.1, 0.15) is 5.82 Å². The Morgan fingerprint density at radius 1 is 1.10 bits per heavy atom. The summed E-state index contributed by atoms with van der Waals surface area (Å²) in [5.41, 5.74) is 2.61. The minimum Gasteiger partial charge on any atom is -0.395 e. The lowest BCUT2D eigenvalue weighted by atomic mass is 9.81. The second-order valence-electron chi connectivity index (χ2n) is 7.49. The third kappa shape index (κ3) is 5.48. The van der Waals surface area contributed by atoms with Crippen LogP contribution in [-0.2, 0) is 5.41 Å². The van der Waals surface area contributed by atoms with Crippen molar-refractivity contribution in [2.45, 2.75) is 19.3 Å². The molecule has 4 N–H and O–H groups in total. The number of aliphatic imine (C=N–C) groups is 1. The van der Waals surface area contributed by atoms with Gasteiger partial charge in [-0.15, -0.1) is 0 Å². The first kappa shape index (κ1) is 22.5. The fourth-order valence-electron chi connectivity index (χ4n) is 3.13. The van der Waals surface area contributed by atoms with Gasteiger partial charge in [-0.3, -0.25) is 10.3 Å². The molecular weight excluding hydrogens is 399 g/mol. The largest absolute Gasteiger partial charge is 0.395 e. The molecular formula is C23H27FN4O3. The molecule has 2 aromatic carbocycles. The zero-order chi connectivity index (χ0) is 22.3. The summed E-state index contributed by atoms with van der Waals surface area (Å²) in [7, 11) is 0. The molecule has 0 unspecified atom stereocenters. The van der Waals surface area contributed by atoms with Crippen LogP contribution in [0.25, 0.3) is 11.1 Å². The Labute approximate surface area is 180 Å². The van der Waals surface area contributed by atoms with Crippen LogP contribution in [0.5, 0.6) is 0 Å². The van der Waals surface area contributed by atoms with E-state index in [0.29, 0.717) is 29.6 Å². The summed E-state index contributed by atoms with van der Waals surface area (Å²) in [5, 5.41) is 28.1. The highest BCUT2D eigenvalue weighted by molar-refractivity contribution is 5.92. The van der Waals surface area contributed by atoms with Crippen molar-refractivity contribution in [1.29, 1.82) is 0 Å². The highest BCUT2D eigenvalue weighted by Gasteiger charge is 2.27. The maximum atomic E-state index is 14.1. The minimum atomic E-state index is -0.460. The Morgan fingerprint density at radius 2 is 1.84 bits per heavy atom. The summed E-state index contributed by atoms with van der Waals surface area (Å²) in [4.78, 5) is 4.17. The van der Waals surface area contributed by atoms with Gasteiger partial charge in [0.2, 0.25) is 5.88 Å². The molecule has 0 saturated heterocycles. The zero-order valence-corrected chi connectivity index (χ0v) is 17.6. The van der Waals surface area contributed by atoms with E-state index in [1.807, 2.05) is 44.2 Å². The van der Waals surface area contributed by atoms with Gasteiger partial charge in [0.25, 0.3) is 0 Å². The molecule has 31 heavy (non-hydrogen) atoms. The van der Waals surface area contributed by atoms with Gasteiger partial charge in [-0.05, 0) is 17.2 Å². The smallest absolute Gasteiger partial charge is 0.231 e. The van der Waals surface area contributed by atoms with Crippen LogP contribution >= 0.6 is 0 Å². The van der Waals surface area contributed by atoms with Crippen molar-refractivity contribution in [3.05, 3.63) is 71.7 Å². The van der Waals surface area contributed by atoms with E-state index in [-0.39, 0.29) is 25.6 Å². The van der Waals surface area contributed by atoms with Gasteiger partial charge in [0, 0.05) is 23.6 Å². The second-order valence-corrected chi connectivity index (χ2v) is 7.49. The van der Waals surface area contributed by atoms with E-state index in [1.165, 1.54) is 6.07 Å². The number of guanidine groups is 1. The normalized spacial score (nSPS) is 12.1. The fraction of sp³-hybridized carbons (Fsp3) is 0.304. The maximum absolute atomic E-state index is 14.1. The fourth-order valence-corrected chi connectivity index (χ4v) is 3.13. The van der Waals surface area contributed by atoms with Crippen molar-refractivity contribution in [3.63, 3.8) is 0 Å². The number of benzene rings is 2. The number of rotatable bonds is 8. The Bertz CT molecular complexity index is 1020. The van der Waals surface area contributed by atoms with E-state index < -0.39 is 5.41 Å². The molecule has 0 saturated carbocycles. The average Bonchev–Trinajstić information content (AvgIpc) is 3.25. The Hall–Kier alpha value is -3.23. The Kier molecular flexibility index (Phi) is 7.38. The number of hydrogen-bond acceptors (Lipinski definition) is 5. The van der Waals surface area contributed by atoms with Crippen molar-refractivity contribution < 1.29 is 19.1 Å². The van der Waals surface area contributed by atoms with Gasteiger partial charge in [-0.2, -0.15) is 0 Å². The molecule has 3 aromatic rings. The molecule has 0 bridgehead atoms. The number of halogens is 1. The molecule has 0 radical (unpaired) electrons. The van der Waals surface area contributed by atoms with E-state index in [9.17, 15) is 4.39 Å². The predicted octanol–water partition coefficient (Wildman–Crippen LogP) is 3.15. The highest BCUT2D eigenvalue weighted by Crippen LogP contribution is 2.33. The van der Waals surface area contributed by atoms with Crippen molar-refractivity contribution >= 4 is 11.8 Å². The number of aliphatic hydroxyl groups excluding tert-OH is 2. The summed E-state index contributed by atoms with van der Waals surface area (Å²) in [6, 6.07) is 16.2. The van der Waals surface area contributed by atoms with Crippen LogP contribution in [0.15, 0.2) is 64.1 Å². The molecule has 7 nitrogen and oxygen atoms in total. The number of nitrogens with zero attached hydrogens (tertiary/aromatic N) is 2. The standard InChI is InChI=1S/C23H27FN4O3/c1-23(2,17-9-7-16(8-10-17)18-5-3-4-6-19(18)24)20-15-21(31-28-20)27-22(25-11-13-29)26-12-14-30/h3-10,15,29-30H,11-14H2,1-2H3,(H2,25,26,27). The van der Waals surface area contributed by atoms with Gasteiger partial charge >= 0.3 is 0 Å². The first-order valence-electron chi connectivity index (χ1n) is 10.1. The van der Waals surface area contributed by atoms with Gasteiger partial charge in [0.15, 0.2) is 5.96 Å². The molecule has 0 aliphatic heterocycles. The van der Waals surface area contributed by atoms with Crippen LogP contribution in [0.3, 0.4) is 0 Å². The zero-order valence-electron chi connectivity index (χ0n) is 17.6. The first-order chi connectivity index (χ1) is 15.0. The maximum Gasteiger partial charge on any atom is 0.231 e. The van der Waals surface area contributed by atoms with E-state index in [1.54, 1.807) is 18.2 Å². The van der Waals surface area contributed by atoms with Crippen molar-refractivity contribution in [1.82, 2.24) is 10.5 Å². The SMILES string of the molecule is CC(C)(c1ccc(-c2ccccc2F)cc1)c1cc(N/C(=N\CCO)NCCO)on1. The molecule has 0 amide bonds. The summed E-state index contributed by atoms with van der Waals surface area (Å²) in [5.74, 6) is 0.501. The van der Waals surface area contributed by atoms with Gasteiger partial charge in [0.05, 0.1) is 25.5 Å². The lowest BCUT2D eigenvalue weighted by Crippen LogP contribution is -2.33. The molecule has 0 aliphatic carbocycles. The lowest BCUT2D eigenvalue weighted by molar-refractivity contribution is 0.299. The predicted molar refractivity (Wildman–Crippen MR) is 119 cm³/mol. The van der Waals surface area contributed by atoms with Crippen molar-refractivity contribution in [3.8, 4) is 11.1 Å². The van der Waals surface area contributed by atoms with Crippen LogP contribution in [0.2, 0.25) is 0 Å². The average molecular weight is 426 g/mol. The topological polar surface area (TPSA) is 103 Å². The van der Waals surface area contributed by atoms with Crippen LogP contribution in [0.1, 0.15) is 25.1 Å². The summed E-state index contributed by atoms with van der Waals surface area (Å²) >= 11 is 0. The molecule has 0 aliphatic rings. The van der Waals surface area contributed by atoms with E-state index in [0.717, 1.165) is 11.1 Å². The molecule has 1 heterocycles. The van der Waals surface area contributed by atoms with Gasteiger partial charge < -0.3 is 20.1 Å².